The van der Waals surface area contributed by atoms with E-state index in [4.69, 9.17) is 5.73 Å². The smallest absolute Gasteiger partial charge is 0.0725 e. The molecule has 0 fully saturated rings. The largest absolute Gasteiger partial charge is 0.397 e. The molecule has 3 N–H and O–H groups in total. The summed E-state index contributed by atoms with van der Waals surface area (Å²) in [6.07, 6.45) is 1.25. The average molecular weight is 643 g/mol. The Morgan fingerprint density at radius 3 is 1.84 bits per heavy atom. The van der Waals surface area contributed by atoms with Gasteiger partial charge in [-0.2, -0.15) is 0 Å². The molecule has 0 heterocycles. The Morgan fingerprint density at radius 1 is 0.480 bits per heavy atom. The van der Waals surface area contributed by atoms with Crippen LogP contribution in [0.3, 0.4) is 0 Å². The van der Waals surface area contributed by atoms with E-state index in [9.17, 15) is 0 Å². The first-order valence-corrected chi connectivity index (χ1v) is 17.6. The minimum absolute atomic E-state index is 0.376. The SMILES string of the molecule is CCC.Nc1ccccc1Nc1ccc(-c2ccc3cc4c(cc3c2)C2(c3ccccc3-c3ccccc32)c2ccc3ccccc3c2-4)cc1. The maximum atomic E-state index is 6.17. The molecule has 2 nitrogen and oxygen atoms in total. The molecule has 0 amide bonds. The second-order valence-electron chi connectivity index (χ2n) is 13.5. The lowest BCUT2D eigenvalue weighted by molar-refractivity contribution is 0.795. The lowest BCUT2D eigenvalue weighted by Crippen LogP contribution is -2.25. The number of benzene rings is 8. The fourth-order valence-corrected chi connectivity index (χ4v) is 8.34. The number of fused-ring (bicyclic) bond motifs is 13. The number of hydrogen-bond donors (Lipinski definition) is 2. The van der Waals surface area contributed by atoms with Gasteiger partial charge in [0.1, 0.15) is 0 Å². The highest BCUT2D eigenvalue weighted by molar-refractivity contribution is 6.08. The van der Waals surface area contributed by atoms with Gasteiger partial charge in [0.05, 0.1) is 16.8 Å². The van der Waals surface area contributed by atoms with Gasteiger partial charge in [-0.3, -0.25) is 0 Å². The van der Waals surface area contributed by atoms with Crippen molar-refractivity contribution in [2.75, 3.05) is 11.1 Å². The minimum Gasteiger partial charge on any atom is -0.397 e. The summed E-state index contributed by atoms with van der Waals surface area (Å²) in [7, 11) is 0. The van der Waals surface area contributed by atoms with Crippen LogP contribution in [-0.2, 0) is 5.41 Å². The van der Waals surface area contributed by atoms with Crippen molar-refractivity contribution in [2.24, 2.45) is 0 Å². The Balaban J connectivity index is 0.00000109. The third-order valence-electron chi connectivity index (χ3n) is 10.4. The monoisotopic (exact) mass is 642 g/mol. The standard InChI is InChI=1S/C45H30N2.C3H8/c46-42-15-7-8-16-43(42)47-33-22-19-28(20-23-33)30-17-18-31-26-37-41(27-32(31)25-30)45(40-24-21-29-9-1-2-10-34(29)44(37)40)38-13-5-3-11-35(38)36-12-4-6-14-39(36)45;1-3-2/h1-27,47H,46H2;3H2,1-2H3. The summed E-state index contributed by atoms with van der Waals surface area (Å²) >= 11 is 0. The van der Waals surface area contributed by atoms with E-state index in [-0.39, 0.29) is 5.41 Å². The van der Waals surface area contributed by atoms with Crippen molar-refractivity contribution in [1.29, 1.82) is 0 Å². The summed E-state index contributed by atoms with van der Waals surface area (Å²) in [5, 5.41) is 8.54. The molecule has 0 bridgehead atoms. The first-order valence-electron chi connectivity index (χ1n) is 17.6. The second kappa shape index (κ2) is 11.8. The number of anilines is 3. The first-order chi connectivity index (χ1) is 24.6. The molecule has 0 unspecified atom stereocenters. The van der Waals surface area contributed by atoms with Crippen LogP contribution in [0.15, 0.2) is 164 Å². The zero-order valence-corrected chi connectivity index (χ0v) is 28.4. The topological polar surface area (TPSA) is 38.0 Å². The predicted molar refractivity (Wildman–Crippen MR) is 213 cm³/mol. The summed E-state index contributed by atoms with van der Waals surface area (Å²) in [5.41, 5.74) is 21.7. The predicted octanol–water partition coefficient (Wildman–Crippen LogP) is 12.7. The molecule has 8 aromatic rings. The van der Waals surface area contributed by atoms with Gasteiger partial charge in [0, 0.05) is 5.69 Å². The fraction of sp³-hybridized carbons (Fsp3) is 0.0833. The molecule has 8 aromatic carbocycles. The molecule has 0 saturated carbocycles. The number of nitrogens with one attached hydrogen (secondary N) is 1. The number of rotatable bonds is 3. The maximum absolute atomic E-state index is 6.17. The van der Waals surface area contributed by atoms with Crippen molar-refractivity contribution in [2.45, 2.75) is 25.7 Å². The Morgan fingerprint density at radius 2 is 1.10 bits per heavy atom. The molecule has 2 aliphatic carbocycles. The highest BCUT2D eigenvalue weighted by Gasteiger charge is 2.52. The zero-order chi connectivity index (χ0) is 33.8. The average Bonchev–Trinajstić information content (AvgIpc) is 3.62. The van der Waals surface area contributed by atoms with Crippen LogP contribution in [0.4, 0.5) is 17.1 Å². The van der Waals surface area contributed by atoms with Crippen molar-refractivity contribution < 1.29 is 0 Å². The summed E-state index contributed by atoms with van der Waals surface area (Å²) in [6, 6.07) is 59.9. The number of nitrogens with two attached hydrogens (primary N) is 1. The molecular weight excluding hydrogens is 605 g/mol. The molecule has 2 heteroatoms. The van der Waals surface area contributed by atoms with Crippen molar-refractivity contribution >= 4 is 38.6 Å². The van der Waals surface area contributed by atoms with E-state index in [1.165, 1.54) is 83.6 Å². The summed E-state index contributed by atoms with van der Waals surface area (Å²) in [6.45, 7) is 4.25. The molecule has 0 aromatic heterocycles. The zero-order valence-electron chi connectivity index (χ0n) is 28.4. The highest BCUT2D eigenvalue weighted by atomic mass is 14.9. The van der Waals surface area contributed by atoms with Gasteiger partial charge in [-0.25, -0.2) is 0 Å². The van der Waals surface area contributed by atoms with E-state index in [1.54, 1.807) is 0 Å². The Labute approximate surface area is 293 Å². The molecule has 50 heavy (non-hydrogen) atoms. The molecule has 0 saturated heterocycles. The molecule has 0 radical (unpaired) electrons. The lowest BCUT2D eigenvalue weighted by atomic mass is 9.70. The van der Waals surface area contributed by atoms with Crippen LogP contribution < -0.4 is 11.1 Å². The van der Waals surface area contributed by atoms with Crippen LogP contribution in [0, 0.1) is 0 Å². The molecule has 2 aliphatic rings. The third-order valence-corrected chi connectivity index (χ3v) is 10.4. The van der Waals surface area contributed by atoms with Crippen LogP contribution >= 0.6 is 0 Å². The summed E-state index contributed by atoms with van der Waals surface area (Å²) in [5.74, 6) is 0. The first kappa shape index (κ1) is 30.0. The van der Waals surface area contributed by atoms with Gasteiger partial charge in [-0.1, -0.05) is 142 Å². The van der Waals surface area contributed by atoms with Crippen LogP contribution in [0.1, 0.15) is 42.5 Å². The molecule has 10 rings (SSSR count). The Bertz CT molecular complexity index is 2530. The number of para-hydroxylation sites is 2. The molecule has 0 aliphatic heterocycles. The minimum atomic E-state index is -0.376. The van der Waals surface area contributed by atoms with Crippen LogP contribution in [0.25, 0.3) is 54.9 Å². The van der Waals surface area contributed by atoms with E-state index in [2.05, 4.69) is 159 Å². The van der Waals surface area contributed by atoms with Gasteiger partial charge in [0.25, 0.3) is 0 Å². The van der Waals surface area contributed by atoms with Crippen molar-refractivity contribution in [1.82, 2.24) is 0 Å². The highest BCUT2D eigenvalue weighted by Crippen LogP contribution is 2.64. The van der Waals surface area contributed by atoms with Crippen LogP contribution in [0.5, 0.6) is 0 Å². The number of hydrogen-bond acceptors (Lipinski definition) is 2. The van der Waals surface area contributed by atoms with Gasteiger partial charge in [0.2, 0.25) is 0 Å². The van der Waals surface area contributed by atoms with Crippen molar-refractivity contribution in [3.05, 3.63) is 186 Å². The van der Waals surface area contributed by atoms with Gasteiger partial charge < -0.3 is 11.1 Å². The van der Waals surface area contributed by atoms with Crippen LogP contribution in [-0.4, -0.2) is 0 Å². The van der Waals surface area contributed by atoms with Gasteiger partial charge in [0.15, 0.2) is 0 Å². The van der Waals surface area contributed by atoms with E-state index in [0.717, 1.165) is 17.1 Å². The van der Waals surface area contributed by atoms with Gasteiger partial charge >= 0.3 is 0 Å². The normalized spacial score (nSPS) is 12.9. The van der Waals surface area contributed by atoms with E-state index >= 15 is 0 Å². The lowest BCUT2D eigenvalue weighted by Gasteiger charge is -2.30. The molecular formula is C48H38N2. The van der Waals surface area contributed by atoms with E-state index in [1.807, 2.05) is 24.3 Å². The Kier molecular flexibility index (Phi) is 7.07. The fourth-order valence-electron chi connectivity index (χ4n) is 8.34. The van der Waals surface area contributed by atoms with Gasteiger partial charge in [-0.15, -0.1) is 0 Å². The van der Waals surface area contributed by atoms with E-state index in [0.29, 0.717) is 0 Å². The number of nitrogen functional groups attached to an aromatic ring is 1. The van der Waals surface area contributed by atoms with Crippen molar-refractivity contribution in [3.8, 4) is 33.4 Å². The van der Waals surface area contributed by atoms with Crippen molar-refractivity contribution in [3.63, 3.8) is 0 Å². The summed E-state index contributed by atoms with van der Waals surface area (Å²) in [4.78, 5) is 0. The molecule has 240 valence electrons. The molecule has 1 spiro atoms. The Hall–Kier alpha value is -6.12. The second-order valence-corrected chi connectivity index (χ2v) is 13.5. The molecule has 0 atom stereocenters. The summed E-state index contributed by atoms with van der Waals surface area (Å²) < 4.78 is 0. The third kappa shape index (κ3) is 4.42. The van der Waals surface area contributed by atoms with E-state index < -0.39 is 0 Å². The van der Waals surface area contributed by atoms with Gasteiger partial charge in [-0.05, 0) is 120 Å². The maximum Gasteiger partial charge on any atom is 0.0725 e. The van der Waals surface area contributed by atoms with Crippen LogP contribution in [0.2, 0.25) is 0 Å². The quantitative estimate of drug-likeness (QED) is 0.188.